The number of carbonyl (C=O) groups is 2. The van der Waals surface area contributed by atoms with Crippen molar-refractivity contribution in [2.75, 3.05) is 18.2 Å². The van der Waals surface area contributed by atoms with E-state index in [2.05, 4.69) is 14.8 Å². The van der Waals surface area contributed by atoms with Gasteiger partial charge in [-0.1, -0.05) is 12.1 Å². The van der Waals surface area contributed by atoms with Gasteiger partial charge in [-0.3, -0.25) is 4.79 Å². The van der Waals surface area contributed by atoms with Crippen LogP contribution in [0.25, 0.3) is 0 Å². The summed E-state index contributed by atoms with van der Waals surface area (Å²) in [6.07, 6.45) is -4.72. The third kappa shape index (κ3) is 7.22. The standard InChI is InChI=1S/C18H16F3NO4S/c1-25-17(24)13-4-6-14(7-5-13)22-16(23)11-27-10-12-2-8-15(9-3-12)26-18(19,20)21/h2-9H,10-11H2,1H3,(H,22,23). The number of amides is 1. The number of halogens is 3. The van der Waals surface area contributed by atoms with Crippen molar-refractivity contribution in [3.8, 4) is 5.75 Å². The summed E-state index contributed by atoms with van der Waals surface area (Å²) < 4.78 is 44.7. The first-order valence-corrected chi connectivity index (χ1v) is 8.83. The van der Waals surface area contributed by atoms with Gasteiger partial charge in [0.25, 0.3) is 0 Å². The number of benzene rings is 2. The van der Waals surface area contributed by atoms with Crippen LogP contribution in [0.15, 0.2) is 48.5 Å². The Morgan fingerprint density at radius 2 is 1.67 bits per heavy atom. The summed E-state index contributed by atoms with van der Waals surface area (Å²) >= 11 is 1.32. The summed E-state index contributed by atoms with van der Waals surface area (Å²) in [6, 6.07) is 11.7. The molecule has 1 amide bonds. The van der Waals surface area contributed by atoms with Crippen molar-refractivity contribution in [3.63, 3.8) is 0 Å². The number of nitrogens with one attached hydrogen (secondary N) is 1. The molecule has 0 aliphatic heterocycles. The fraction of sp³-hybridized carbons (Fsp3) is 0.222. The molecule has 0 bridgehead atoms. The van der Waals surface area contributed by atoms with E-state index in [1.54, 1.807) is 24.3 Å². The minimum atomic E-state index is -4.72. The van der Waals surface area contributed by atoms with E-state index in [0.29, 0.717) is 17.0 Å². The lowest BCUT2D eigenvalue weighted by atomic mass is 10.2. The Bertz CT molecular complexity index is 777. The zero-order valence-electron chi connectivity index (χ0n) is 14.2. The Hall–Kier alpha value is -2.68. The van der Waals surface area contributed by atoms with Crippen LogP contribution in [-0.2, 0) is 15.3 Å². The first kappa shape index (κ1) is 20.6. The summed E-state index contributed by atoms with van der Waals surface area (Å²) in [5.41, 5.74) is 1.69. The molecule has 0 unspecified atom stereocenters. The van der Waals surface area contributed by atoms with E-state index in [1.165, 1.54) is 43.1 Å². The van der Waals surface area contributed by atoms with Gasteiger partial charge in [0.15, 0.2) is 0 Å². The molecule has 0 spiro atoms. The minimum Gasteiger partial charge on any atom is -0.465 e. The highest BCUT2D eigenvalue weighted by Gasteiger charge is 2.30. The second-order valence-electron chi connectivity index (χ2n) is 5.30. The highest BCUT2D eigenvalue weighted by atomic mass is 32.2. The maximum Gasteiger partial charge on any atom is 0.573 e. The van der Waals surface area contributed by atoms with Crippen LogP contribution >= 0.6 is 11.8 Å². The van der Waals surface area contributed by atoms with E-state index >= 15 is 0 Å². The largest absolute Gasteiger partial charge is 0.573 e. The van der Waals surface area contributed by atoms with Crippen molar-refractivity contribution >= 4 is 29.3 Å². The van der Waals surface area contributed by atoms with Gasteiger partial charge < -0.3 is 14.8 Å². The summed E-state index contributed by atoms with van der Waals surface area (Å²) in [4.78, 5) is 23.3. The van der Waals surface area contributed by atoms with Crippen LogP contribution in [0.5, 0.6) is 5.75 Å². The predicted molar refractivity (Wildman–Crippen MR) is 95.7 cm³/mol. The van der Waals surface area contributed by atoms with E-state index in [4.69, 9.17) is 0 Å². The monoisotopic (exact) mass is 399 g/mol. The Balaban J connectivity index is 1.76. The van der Waals surface area contributed by atoms with Gasteiger partial charge >= 0.3 is 12.3 Å². The van der Waals surface area contributed by atoms with E-state index in [9.17, 15) is 22.8 Å². The highest BCUT2D eigenvalue weighted by molar-refractivity contribution is 7.99. The average molecular weight is 399 g/mol. The number of esters is 1. The van der Waals surface area contributed by atoms with Gasteiger partial charge in [-0.05, 0) is 42.0 Å². The van der Waals surface area contributed by atoms with E-state index in [0.717, 1.165) is 5.56 Å². The lowest BCUT2D eigenvalue weighted by Gasteiger charge is -2.09. The maximum atomic E-state index is 12.1. The van der Waals surface area contributed by atoms with Gasteiger partial charge in [0.05, 0.1) is 18.4 Å². The van der Waals surface area contributed by atoms with Crippen LogP contribution in [0.1, 0.15) is 15.9 Å². The lowest BCUT2D eigenvalue weighted by Crippen LogP contribution is -2.17. The number of methoxy groups -OCH3 is 1. The van der Waals surface area contributed by atoms with Crippen molar-refractivity contribution < 1.29 is 32.2 Å². The fourth-order valence-electron chi connectivity index (χ4n) is 2.05. The lowest BCUT2D eigenvalue weighted by molar-refractivity contribution is -0.274. The van der Waals surface area contributed by atoms with Crippen molar-refractivity contribution in [1.82, 2.24) is 0 Å². The Morgan fingerprint density at radius 1 is 1.04 bits per heavy atom. The molecular formula is C18H16F3NO4S. The smallest absolute Gasteiger partial charge is 0.465 e. The van der Waals surface area contributed by atoms with E-state index < -0.39 is 12.3 Å². The average Bonchev–Trinajstić information content (AvgIpc) is 2.62. The molecule has 0 saturated heterocycles. The molecule has 0 aliphatic carbocycles. The molecule has 0 aromatic heterocycles. The Morgan fingerprint density at radius 3 is 2.22 bits per heavy atom. The number of carbonyl (C=O) groups excluding carboxylic acids is 2. The molecule has 0 radical (unpaired) electrons. The van der Waals surface area contributed by atoms with Crippen LogP contribution in [0.3, 0.4) is 0 Å². The first-order chi connectivity index (χ1) is 12.8. The van der Waals surface area contributed by atoms with Crippen molar-refractivity contribution in [1.29, 1.82) is 0 Å². The summed E-state index contributed by atoms with van der Waals surface area (Å²) in [6.45, 7) is 0. The van der Waals surface area contributed by atoms with Gasteiger partial charge in [0, 0.05) is 11.4 Å². The topological polar surface area (TPSA) is 64.6 Å². The predicted octanol–water partition coefficient (Wildman–Crippen LogP) is 4.24. The van der Waals surface area contributed by atoms with Crippen LogP contribution < -0.4 is 10.1 Å². The molecule has 144 valence electrons. The second-order valence-corrected chi connectivity index (χ2v) is 6.29. The van der Waals surface area contributed by atoms with Gasteiger partial charge in [-0.2, -0.15) is 0 Å². The van der Waals surface area contributed by atoms with Crippen LogP contribution in [0.2, 0.25) is 0 Å². The number of hydrogen-bond acceptors (Lipinski definition) is 5. The molecule has 0 saturated carbocycles. The summed E-state index contributed by atoms with van der Waals surface area (Å²) in [7, 11) is 1.28. The van der Waals surface area contributed by atoms with Crippen molar-refractivity contribution in [2.24, 2.45) is 0 Å². The van der Waals surface area contributed by atoms with Gasteiger partial charge in [0.1, 0.15) is 5.75 Å². The third-order valence-electron chi connectivity index (χ3n) is 3.25. The third-order valence-corrected chi connectivity index (χ3v) is 4.25. The number of anilines is 1. The molecule has 1 N–H and O–H groups in total. The molecule has 0 fully saturated rings. The molecule has 0 heterocycles. The Labute approximate surface area is 157 Å². The first-order valence-electron chi connectivity index (χ1n) is 7.67. The van der Waals surface area contributed by atoms with E-state index in [1.807, 2.05) is 0 Å². The van der Waals surface area contributed by atoms with Crippen molar-refractivity contribution in [3.05, 3.63) is 59.7 Å². The molecule has 27 heavy (non-hydrogen) atoms. The molecule has 0 aliphatic rings. The van der Waals surface area contributed by atoms with Crippen LogP contribution in [-0.4, -0.2) is 31.1 Å². The van der Waals surface area contributed by atoms with Crippen LogP contribution in [0.4, 0.5) is 18.9 Å². The normalized spacial score (nSPS) is 11.0. The molecule has 5 nitrogen and oxygen atoms in total. The summed E-state index contributed by atoms with van der Waals surface area (Å²) in [5.74, 6) is -0.358. The second kappa shape index (κ2) is 9.31. The molecular weight excluding hydrogens is 383 g/mol. The van der Waals surface area contributed by atoms with Gasteiger partial charge in [-0.15, -0.1) is 24.9 Å². The van der Waals surface area contributed by atoms with Crippen LogP contribution in [0, 0.1) is 0 Å². The van der Waals surface area contributed by atoms with Gasteiger partial charge in [-0.25, -0.2) is 4.79 Å². The zero-order valence-corrected chi connectivity index (χ0v) is 15.0. The quantitative estimate of drug-likeness (QED) is 0.706. The number of rotatable bonds is 7. The Kier molecular flexibility index (Phi) is 7.12. The van der Waals surface area contributed by atoms with Crippen molar-refractivity contribution in [2.45, 2.75) is 12.1 Å². The number of alkyl halides is 3. The summed E-state index contributed by atoms with van der Waals surface area (Å²) in [5, 5.41) is 2.69. The highest BCUT2D eigenvalue weighted by Crippen LogP contribution is 2.24. The van der Waals surface area contributed by atoms with E-state index in [-0.39, 0.29) is 17.4 Å². The maximum absolute atomic E-state index is 12.1. The molecule has 0 atom stereocenters. The van der Waals surface area contributed by atoms with Gasteiger partial charge in [0.2, 0.25) is 5.91 Å². The number of hydrogen-bond donors (Lipinski definition) is 1. The zero-order chi connectivity index (χ0) is 19.9. The SMILES string of the molecule is COC(=O)c1ccc(NC(=O)CSCc2ccc(OC(F)(F)F)cc2)cc1. The molecule has 2 rings (SSSR count). The molecule has 9 heteroatoms. The number of ether oxygens (including phenoxy) is 2. The number of thioether (sulfide) groups is 1. The molecule has 2 aromatic rings. The fourth-order valence-corrected chi connectivity index (χ4v) is 2.84. The minimum absolute atomic E-state index is 0.166. The molecule has 2 aromatic carbocycles.